The van der Waals surface area contributed by atoms with E-state index >= 15 is 0 Å². The van der Waals surface area contributed by atoms with E-state index in [0.29, 0.717) is 17.7 Å². The van der Waals surface area contributed by atoms with Crippen LogP contribution in [0.15, 0.2) is 78.9 Å². The van der Waals surface area contributed by atoms with Gasteiger partial charge in [0.2, 0.25) is 5.91 Å². The van der Waals surface area contributed by atoms with Crippen LogP contribution in [0.25, 0.3) is 11.1 Å². The summed E-state index contributed by atoms with van der Waals surface area (Å²) >= 11 is 0. The highest BCUT2D eigenvalue weighted by molar-refractivity contribution is 5.96. The highest BCUT2D eigenvalue weighted by Crippen LogP contribution is 2.19. The van der Waals surface area contributed by atoms with Crippen LogP contribution in [0.1, 0.15) is 21.5 Å². The lowest BCUT2D eigenvalue weighted by molar-refractivity contribution is -0.129. The van der Waals surface area contributed by atoms with E-state index in [1.54, 1.807) is 36.2 Å². The summed E-state index contributed by atoms with van der Waals surface area (Å²) in [6, 6.07) is 26.3. The van der Waals surface area contributed by atoms with Crippen molar-refractivity contribution in [3.8, 4) is 17.2 Å². The fourth-order valence-corrected chi connectivity index (χ4v) is 2.88. The Balaban J connectivity index is 1.52. The monoisotopic (exact) mass is 383 g/mol. The van der Waals surface area contributed by atoms with E-state index < -0.39 is 0 Å². The highest BCUT2D eigenvalue weighted by Gasteiger charge is 2.12. The summed E-state index contributed by atoms with van der Waals surface area (Å²) in [7, 11) is 1.68. The zero-order chi connectivity index (χ0) is 20.6. The Morgan fingerprint density at radius 2 is 1.52 bits per heavy atom. The quantitative estimate of drug-likeness (QED) is 0.707. The van der Waals surface area contributed by atoms with E-state index in [0.717, 1.165) is 16.7 Å². The van der Waals surface area contributed by atoms with Crippen LogP contribution in [0.4, 0.5) is 0 Å². The molecule has 0 saturated carbocycles. The molecule has 0 saturated heterocycles. The standard InChI is InChI=1S/C24H21N3O2/c1-27(17-19-9-7-18(15-25)8-10-19)23(28)16-26-24(29)22-13-11-21(12-14-22)20-5-3-2-4-6-20/h2-14H,16-17H2,1H3,(H,26,29). The van der Waals surface area contributed by atoms with Crippen LogP contribution in [0.5, 0.6) is 0 Å². The molecule has 3 rings (SSSR count). The minimum Gasteiger partial charge on any atom is -0.343 e. The smallest absolute Gasteiger partial charge is 0.251 e. The van der Waals surface area contributed by atoms with E-state index in [2.05, 4.69) is 11.4 Å². The molecule has 0 aromatic heterocycles. The third kappa shape index (κ3) is 5.30. The maximum absolute atomic E-state index is 12.3. The van der Waals surface area contributed by atoms with Gasteiger partial charge in [-0.3, -0.25) is 9.59 Å². The largest absolute Gasteiger partial charge is 0.343 e. The molecule has 0 spiro atoms. The molecule has 0 unspecified atom stereocenters. The predicted octanol–water partition coefficient (Wildman–Crippen LogP) is 3.61. The molecule has 0 aliphatic heterocycles. The van der Waals surface area contributed by atoms with Crippen molar-refractivity contribution in [1.29, 1.82) is 5.26 Å². The molecule has 0 fully saturated rings. The lowest BCUT2D eigenvalue weighted by Gasteiger charge is -2.17. The van der Waals surface area contributed by atoms with Crippen molar-refractivity contribution >= 4 is 11.8 Å². The molecule has 3 aromatic carbocycles. The fraction of sp³-hybridized carbons (Fsp3) is 0.125. The van der Waals surface area contributed by atoms with Crippen LogP contribution in [0, 0.1) is 11.3 Å². The van der Waals surface area contributed by atoms with Crippen molar-refractivity contribution in [1.82, 2.24) is 10.2 Å². The first-order valence-corrected chi connectivity index (χ1v) is 9.23. The molecule has 0 radical (unpaired) electrons. The van der Waals surface area contributed by atoms with E-state index in [1.165, 1.54) is 0 Å². The lowest BCUT2D eigenvalue weighted by Crippen LogP contribution is -2.37. The number of carbonyl (C=O) groups excluding carboxylic acids is 2. The maximum Gasteiger partial charge on any atom is 0.251 e. The van der Waals surface area contributed by atoms with Gasteiger partial charge in [-0.15, -0.1) is 0 Å². The van der Waals surface area contributed by atoms with Gasteiger partial charge in [-0.25, -0.2) is 0 Å². The van der Waals surface area contributed by atoms with Gasteiger partial charge in [-0.2, -0.15) is 5.26 Å². The molecule has 0 atom stereocenters. The molecule has 0 bridgehead atoms. The third-order valence-electron chi connectivity index (χ3n) is 4.58. The van der Waals surface area contributed by atoms with Gasteiger partial charge in [0.25, 0.3) is 5.91 Å². The SMILES string of the molecule is CN(Cc1ccc(C#N)cc1)C(=O)CNC(=O)c1ccc(-c2ccccc2)cc1. The number of benzene rings is 3. The number of carbonyl (C=O) groups is 2. The summed E-state index contributed by atoms with van der Waals surface area (Å²) in [5, 5.41) is 11.5. The molecule has 144 valence electrons. The van der Waals surface area contributed by atoms with E-state index in [9.17, 15) is 9.59 Å². The van der Waals surface area contributed by atoms with Crippen molar-refractivity contribution in [2.24, 2.45) is 0 Å². The Labute approximate surface area is 170 Å². The minimum atomic E-state index is -0.287. The normalized spacial score (nSPS) is 10.1. The third-order valence-corrected chi connectivity index (χ3v) is 4.58. The van der Waals surface area contributed by atoms with Crippen LogP contribution >= 0.6 is 0 Å². The summed E-state index contributed by atoms with van der Waals surface area (Å²) in [6.45, 7) is 0.332. The number of hydrogen-bond acceptors (Lipinski definition) is 3. The number of hydrogen-bond donors (Lipinski definition) is 1. The van der Waals surface area contributed by atoms with Crippen LogP contribution in [0.3, 0.4) is 0 Å². The number of amides is 2. The van der Waals surface area contributed by atoms with Gasteiger partial charge < -0.3 is 10.2 Å². The van der Waals surface area contributed by atoms with Crippen LogP contribution < -0.4 is 5.32 Å². The summed E-state index contributed by atoms with van der Waals surface area (Å²) < 4.78 is 0. The second-order valence-electron chi connectivity index (χ2n) is 6.68. The van der Waals surface area contributed by atoms with E-state index in [4.69, 9.17) is 5.26 Å². The van der Waals surface area contributed by atoms with Crippen LogP contribution in [-0.2, 0) is 11.3 Å². The molecule has 2 amide bonds. The zero-order valence-corrected chi connectivity index (χ0v) is 16.1. The Bertz CT molecular complexity index is 1020. The summed E-state index contributed by atoms with van der Waals surface area (Å²) in [5.74, 6) is -0.478. The first-order chi connectivity index (χ1) is 14.1. The molecule has 0 aliphatic rings. The van der Waals surface area contributed by atoms with Crippen molar-refractivity contribution in [3.63, 3.8) is 0 Å². The fourth-order valence-electron chi connectivity index (χ4n) is 2.88. The van der Waals surface area contributed by atoms with Crippen molar-refractivity contribution in [2.75, 3.05) is 13.6 Å². The first kappa shape index (κ1) is 19.8. The summed E-state index contributed by atoms with van der Waals surface area (Å²) in [5.41, 5.74) is 4.11. The van der Waals surface area contributed by atoms with E-state index in [1.807, 2.05) is 54.6 Å². The molecule has 5 nitrogen and oxygen atoms in total. The zero-order valence-electron chi connectivity index (χ0n) is 16.1. The van der Waals surface area contributed by atoms with Crippen LogP contribution in [-0.4, -0.2) is 30.3 Å². The number of nitriles is 1. The number of rotatable bonds is 6. The molecule has 3 aromatic rings. The Hall–Kier alpha value is -3.91. The summed E-state index contributed by atoms with van der Waals surface area (Å²) in [6.07, 6.45) is 0. The van der Waals surface area contributed by atoms with Crippen molar-refractivity contribution in [2.45, 2.75) is 6.54 Å². The minimum absolute atomic E-state index is 0.0773. The lowest BCUT2D eigenvalue weighted by atomic mass is 10.0. The molecular formula is C24H21N3O2. The topological polar surface area (TPSA) is 73.2 Å². The second kappa shape index (κ2) is 9.34. The molecule has 0 aliphatic carbocycles. The molecule has 0 heterocycles. The Morgan fingerprint density at radius 1 is 0.897 bits per heavy atom. The Morgan fingerprint density at radius 3 is 2.14 bits per heavy atom. The van der Waals surface area contributed by atoms with Gasteiger partial charge in [0.15, 0.2) is 0 Å². The number of nitrogens with zero attached hydrogens (tertiary/aromatic N) is 2. The number of nitrogens with one attached hydrogen (secondary N) is 1. The van der Waals surface area contributed by atoms with Gasteiger partial charge in [0.1, 0.15) is 0 Å². The number of likely N-dealkylation sites (N-methyl/N-ethyl adjacent to an activating group) is 1. The highest BCUT2D eigenvalue weighted by atomic mass is 16.2. The maximum atomic E-state index is 12.3. The second-order valence-corrected chi connectivity index (χ2v) is 6.68. The van der Waals surface area contributed by atoms with Gasteiger partial charge in [0, 0.05) is 19.2 Å². The average molecular weight is 383 g/mol. The Kier molecular flexibility index (Phi) is 6.39. The van der Waals surface area contributed by atoms with Gasteiger partial charge in [0.05, 0.1) is 18.2 Å². The van der Waals surface area contributed by atoms with Gasteiger partial charge in [-0.05, 0) is 41.0 Å². The predicted molar refractivity (Wildman–Crippen MR) is 112 cm³/mol. The first-order valence-electron chi connectivity index (χ1n) is 9.23. The van der Waals surface area contributed by atoms with Crippen molar-refractivity contribution < 1.29 is 9.59 Å². The van der Waals surface area contributed by atoms with E-state index in [-0.39, 0.29) is 18.4 Å². The van der Waals surface area contributed by atoms with Gasteiger partial charge in [-0.1, -0.05) is 54.6 Å². The molecule has 29 heavy (non-hydrogen) atoms. The van der Waals surface area contributed by atoms with Crippen molar-refractivity contribution in [3.05, 3.63) is 95.6 Å². The molecule has 5 heteroatoms. The molecular weight excluding hydrogens is 362 g/mol. The van der Waals surface area contributed by atoms with Crippen LogP contribution in [0.2, 0.25) is 0 Å². The van der Waals surface area contributed by atoms with Gasteiger partial charge >= 0.3 is 0 Å². The summed E-state index contributed by atoms with van der Waals surface area (Å²) in [4.78, 5) is 26.2. The molecule has 1 N–H and O–H groups in total. The average Bonchev–Trinajstić information content (AvgIpc) is 2.78.